The fourth-order valence-corrected chi connectivity index (χ4v) is 1.30. The first-order valence-corrected chi connectivity index (χ1v) is 4.49. The Balaban J connectivity index is 2.76. The summed E-state index contributed by atoms with van der Waals surface area (Å²) in [6.07, 6.45) is 4.15. The minimum absolute atomic E-state index is 0.394. The van der Waals surface area contributed by atoms with Crippen molar-refractivity contribution in [1.82, 2.24) is 15.5 Å². The van der Waals surface area contributed by atoms with Crippen LogP contribution in [0.1, 0.15) is 37.6 Å². The Kier molecular flexibility index (Phi) is 3.29. The number of aromatic amines is 1. The number of nitrogens with one attached hydrogen (secondary N) is 2. The number of H-pyrrole nitrogens is 1. The maximum Gasteiger partial charge on any atom is 0.0537 e. The zero-order valence-electron chi connectivity index (χ0n) is 8.02. The molecule has 3 nitrogen and oxygen atoms in total. The molecule has 0 bridgehead atoms. The quantitative estimate of drug-likeness (QED) is 0.715. The number of hydrogen-bond acceptors (Lipinski definition) is 2. The first-order valence-electron chi connectivity index (χ1n) is 4.49. The van der Waals surface area contributed by atoms with E-state index in [-0.39, 0.29) is 0 Å². The molecule has 1 atom stereocenters. The standard InChI is InChI=1S/C9H17N3/c1-4-5-9-8(6-11-12-9)7(2)10-3/h6-7,10H,4-5H2,1-3H3,(H,11,12). The lowest BCUT2D eigenvalue weighted by molar-refractivity contribution is 0.643. The van der Waals surface area contributed by atoms with Gasteiger partial charge in [0.25, 0.3) is 0 Å². The highest BCUT2D eigenvalue weighted by Gasteiger charge is 2.09. The van der Waals surface area contributed by atoms with E-state index in [4.69, 9.17) is 0 Å². The summed E-state index contributed by atoms with van der Waals surface area (Å²) in [6, 6.07) is 0.394. The maximum atomic E-state index is 4.04. The van der Waals surface area contributed by atoms with E-state index in [2.05, 4.69) is 29.4 Å². The smallest absolute Gasteiger partial charge is 0.0537 e. The van der Waals surface area contributed by atoms with Gasteiger partial charge in [-0.1, -0.05) is 13.3 Å². The zero-order chi connectivity index (χ0) is 8.97. The van der Waals surface area contributed by atoms with Gasteiger partial charge in [0.05, 0.1) is 6.20 Å². The van der Waals surface area contributed by atoms with Crippen LogP contribution in [0.4, 0.5) is 0 Å². The average molecular weight is 167 g/mol. The van der Waals surface area contributed by atoms with Gasteiger partial charge in [0, 0.05) is 17.3 Å². The van der Waals surface area contributed by atoms with Crippen LogP contribution in [-0.4, -0.2) is 17.2 Å². The van der Waals surface area contributed by atoms with E-state index in [1.54, 1.807) is 0 Å². The summed E-state index contributed by atoms with van der Waals surface area (Å²) in [5.74, 6) is 0. The predicted octanol–water partition coefficient (Wildman–Crippen LogP) is 1.64. The fraction of sp³-hybridized carbons (Fsp3) is 0.667. The number of aromatic nitrogens is 2. The number of aryl methyl sites for hydroxylation is 1. The maximum absolute atomic E-state index is 4.04. The Bertz CT molecular complexity index is 229. The van der Waals surface area contributed by atoms with Gasteiger partial charge >= 0.3 is 0 Å². The molecule has 1 rings (SSSR count). The van der Waals surface area contributed by atoms with Crippen molar-refractivity contribution in [3.05, 3.63) is 17.5 Å². The highest BCUT2D eigenvalue weighted by Crippen LogP contribution is 2.15. The molecule has 2 N–H and O–H groups in total. The minimum Gasteiger partial charge on any atom is -0.313 e. The molecule has 0 fully saturated rings. The summed E-state index contributed by atoms with van der Waals surface area (Å²) >= 11 is 0. The predicted molar refractivity (Wildman–Crippen MR) is 50.1 cm³/mol. The highest BCUT2D eigenvalue weighted by atomic mass is 15.1. The highest BCUT2D eigenvalue weighted by molar-refractivity contribution is 5.19. The van der Waals surface area contributed by atoms with Crippen LogP contribution in [0.3, 0.4) is 0 Å². The lowest BCUT2D eigenvalue weighted by Gasteiger charge is -2.09. The molecule has 0 radical (unpaired) electrons. The molecule has 1 aromatic rings. The molecule has 1 heterocycles. The fourth-order valence-electron chi connectivity index (χ4n) is 1.30. The van der Waals surface area contributed by atoms with E-state index < -0.39 is 0 Å². The molecule has 68 valence electrons. The molecule has 0 aliphatic rings. The molecule has 12 heavy (non-hydrogen) atoms. The van der Waals surface area contributed by atoms with Crippen molar-refractivity contribution >= 4 is 0 Å². The van der Waals surface area contributed by atoms with Crippen molar-refractivity contribution in [2.75, 3.05) is 7.05 Å². The van der Waals surface area contributed by atoms with Crippen LogP contribution < -0.4 is 5.32 Å². The largest absolute Gasteiger partial charge is 0.313 e. The van der Waals surface area contributed by atoms with Gasteiger partial charge in [0.1, 0.15) is 0 Å². The van der Waals surface area contributed by atoms with Crippen molar-refractivity contribution in [2.45, 2.75) is 32.7 Å². The molecule has 0 aliphatic heterocycles. The molecule has 0 aromatic carbocycles. The third-order valence-corrected chi connectivity index (χ3v) is 2.15. The van der Waals surface area contributed by atoms with Crippen LogP contribution in [0.15, 0.2) is 6.20 Å². The van der Waals surface area contributed by atoms with Crippen molar-refractivity contribution in [2.24, 2.45) is 0 Å². The second kappa shape index (κ2) is 4.26. The van der Waals surface area contributed by atoms with E-state index in [0.29, 0.717) is 6.04 Å². The van der Waals surface area contributed by atoms with Crippen molar-refractivity contribution in [3.8, 4) is 0 Å². The number of hydrogen-bond donors (Lipinski definition) is 2. The van der Waals surface area contributed by atoms with E-state index in [1.807, 2.05) is 13.2 Å². The number of nitrogens with zero attached hydrogens (tertiary/aromatic N) is 1. The van der Waals surface area contributed by atoms with E-state index in [9.17, 15) is 0 Å². The van der Waals surface area contributed by atoms with Crippen LogP contribution in [0.25, 0.3) is 0 Å². The summed E-state index contributed by atoms with van der Waals surface area (Å²) in [7, 11) is 1.97. The van der Waals surface area contributed by atoms with Gasteiger partial charge in [0.2, 0.25) is 0 Å². The SMILES string of the molecule is CCCc1[nH]ncc1C(C)NC. The normalized spacial score (nSPS) is 13.2. The molecule has 3 heteroatoms. The Hall–Kier alpha value is -0.830. The first kappa shape index (κ1) is 9.26. The molecule has 0 saturated carbocycles. The van der Waals surface area contributed by atoms with Gasteiger partial charge in [-0.2, -0.15) is 5.10 Å². The second-order valence-electron chi connectivity index (χ2n) is 3.06. The van der Waals surface area contributed by atoms with Crippen molar-refractivity contribution < 1.29 is 0 Å². The third-order valence-electron chi connectivity index (χ3n) is 2.15. The average Bonchev–Trinajstić information content (AvgIpc) is 2.52. The topological polar surface area (TPSA) is 40.7 Å². The Morgan fingerprint density at radius 3 is 3.00 bits per heavy atom. The molecular weight excluding hydrogens is 150 g/mol. The van der Waals surface area contributed by atoms with Gasteiger partial charge in [-0.25, -0.2) is 0 Å². The summed E-state index contributed by atoms with van der Waals surface area (Å²) in [4.78, 5) is 0. The Morgan fingerprint density at radius 1 is 1.67 bits per heavy atom. The summed E-state index contributed by atoms with van der Waals surface area (Å²) in [5, 5.41) is 10.3. The summed E-state index contributed by atoms with van der Waals surface area (Å²) < 4.78 is 0. The van der Waals surface area contributed by atoms with E-state index in [0.717, 1.165) is 12.8 Å². The molecule has 0 saturated heterocycles. The summed E-state index contributed by atoms with van der Waals surface area (Å²) in [6.45, 7) is 4.32. The summed E-state index contributed by atoms with van der Waals surface area (Å²) in [5.41, 5.74) is 2.55. The molecule has 1 unspecified atom stereocenters. The van der Waals surface area contributed by atoms with E-state index >= 15 is 0 Å². The van der Waals surface area contributed by atoms with Gasteiger partial charge < -0.3 is 5.32 Å². The second-order valence-corrected chi connectivity index (χ2v) is 3.06. The van der Waals surface area contributed by atoms with Gasteiger partial charge in [-0.05, 0) is 20.4 Å². The molecular formula is C9H17N3. The Morgan fingerprint density at radius 2 is 2.42 bits per heavy atom. The van der Waals surface area contributed by atoms with Crippen LogP contribution in [-0.2, 0) is 6.42 Å². The molecule has 1 aromatic heterocycles. The lowest BCUT2D eigenvalue weighted by Crippen LogP contribution is -2.13. The molecule has 0 aliphatic carbocycles. The zero-order valence-corrected chi connectivity index (χ0v) is 8.02. The van der Waals surface area contributed by atoms with Gasteiger partial charge in [0.15, 0.2) is 0 Å². The van der Waals surface area contributed by atoms with Gasteiger partial charge in [-0.3, -0.25) is 5.10 Å². The van der Waals surface area contributed by atoms with Crippen molar-refractivity contribution in [1.29, 1.82) is 0 Å². The Labute approximate surface area is 73.6 Å². The van der Waals surface area contributed by atoms with E-state index in [1.165, 1.54) is 11.3 Å². The van der Waals surface area contributed by atoms with Gasteiger partial charge in [-0.15, -0.1) is 0 Å². The molecule has 0 amide bonds. The number of rotatable bonds is 4. The van der Waals surface area contributed by atoms with Crippen molar-refractivity contribution in [3.63, 3.8) is 0 Å². The minimum atomic E-state index is 0.394. The monoisotopic (exact) mass is 167 g/mol. The van der Waals surface area contributed by atoms with Crippen LogP contribution in [0.2, 0.25) is 0 Å². The van der Waals surface area contributed by atoms with Crippen LogP contribution in [0, 0.1) is 0 Å². The lowest BCUT2D eigenvalue weighted by atomic mass is 10.1. The first-order chi connectivity index (χ1) is 5.79. The van der Waals surface area contributed by atoms with Crippen LogP contribution in [0.5, 0.6) is 0 Å². The van der Waals surface area contributed by atoms with Crippen LogP contribution >= 0.6 is 0 Å². The third kappa shape index (κ3) is 1.85. The molecule has 0 spiro atoms.